The molecule has 0 aliphatic carbocycles. The fourth-order valence-corrected chi connectivity index (χ4v) is 1.14. The normalized spacial score (nSPS) is 10.1. The number of carbonyl (C=O) groups excluding carboxylic acids is 1. The molecule has 0 spiro atoms. The van der Waals surface area contributed by atoms with E-state index in [0.29, 0.717) is 13.1 Å². The molecule has 0 amide bonds. The van der Waals surface area contributed by atoms with Gasteiger partial charge in [-0.3, -0.25) is 0 Å². The van der Waals surface area contributed by atoms with Crippen molar-refractivity contribution in [2.24, 2.45) is 0 Å². The first-order chi connectivity index (χ1) is 7.81. The average Bonchev–Trinajstić information content (AvgIpc) is 2.28. The van der Waals surface area contributed by atoms with E-state index in [2.05, 4.69) is 34.5 Å². The molecular formula is C11H24N2O3. The Morgan fingerprint density at radius 3 is 1.69 bits per heavy atom. The van der Waals surface area contributed by atoms with Gasteiger partial charge in [-0.25, -0.2) is 0 Å². The molecule has 5 heteroatoms. The minimum Gasteiger partial charge on any atom is -0.337 e. The first kappa shape index (κ1) is 15.2. The van der Waals surface area contributed by atoms with E-state index in [0.717, 1.165) is 38.5 Å². The van der Waals surface area contributed by atoms with E-state index in [9.17, 15) is 4.79 Å². The van der Waals surface area contributed by atoms with Crippen LogP contribution in [0, 0.1) is 0 Å². The van der Waals surface area contributed by atoms with Gasteiger partial charge in [-0.05, 0) is 12.8 Å². The van der Waals surface area contributed by atoms with Crippen LogP contribution in [-0.4, -0.2) is 19.2 Å². The Hall–Kier alpha value is -0.810. The quantitative estimate of drug-likeness (QED) is 0.448. The molecule has 0 aromatic heterocycles. The van der Waals surface area contributed by atoms with Gasteiger partial charge in [0.2, 0.25) is 0 Å². The standard InChI is InChI=1S/C11H24N2O3/c1-3-5-7-9-12-15-11(14)16-13-10-8-6-4-2/h12-13H,3-10H2,1-2H3. The molecule has 0 rings (SSSR count). The second-order valence-electron chi connectivity index (χ2n) is 3.66. The lowest BCUT2D eigenvalue weighted by Crippen LogP contribution is -2.27. The fourth-order valence-electron chi connectivity index (χ4n) is 1.14. The molecule has 0 unspecified atom stereocenters. The molecule has 0 aromatic carbocycles. The number of hydroxylamine groups is 2. The summed E-state index contributed by atoms with van der Waals surface area (Å²) in [5.74, 6) is 0. The van der Waals surface area contributed by atoms with E-state index in [1.165, 1.54) is 0 Å². The number of hydrogen-bond acceptors (Lipinski definition) is 5. The van der Waals surface area contributed by atoms with Gasteiger partial charge in [0.1, 0.15) is 0 Å². The van der Waals surface area contributed by atoms with Gasteiger partial charge >= 0.3 is 6.16 Å². The number of unbranched alkanes of at least 4 members (excludes halogenated alkanes) is 4. The van der Waals surface area contributed by atoms with Crippen LogP contribution in [0.25, 0.3) is 0 Å². The highest BCUT2D eigenvalue weighted by Gasteiger charge is 2.02. The average molecular weight is 232 g/mol. The third-order valence-corrected chi connectivity index (χ3v) is 2.08. The minimum atomic E-state index is -0.729. The lowest BCUT2D eigenvalue weighted by atomic mass is 10.3. The summed E-state index contributed by atoms with van der Waals surface area (Å²) in [4.78, 5) is 20.2. The molecule has 0 aromatic rings. The molecule has 5 nitrogen and oxygen atoms in total. The van der Waals surface area contributed by atoms with Gasteiger partial charge in [0, 0.05) is 13.1 Å². The molecule has 2 N–H and O–H groups in total. The van der Waals surface area contributed by atoms with Crippen molar-refractivity contribution >= 4 is 6.16 Å². The molecular weight excluding hydrogens is 208 g/mol. The summed E-state index contributed by atoms with van der Waals surface area (Å²) in [5, 5.41) is 0. The lowest BCUT2D eigenvalue weighted by Gasteiger charge is -2.06. The molecule has 0 fully saturated rings. The zero-order valence-corrected chi connectivity index (χ0v) is 10.4. The maximum Gasteiger partial charge on any atom is 0.547 e. The van der Waals surface area contributed by atoms with Gasteiger partial charge in [-0.15, -0.1) is 11.0 Å². The Kier molecular flexibility index (Phi) is 11.6. The van der Waals surface area contributed by atoms with E-state index >= 15 is 0 Å². The molecule has 16 heavy (non-hydrogen) atoms. The molecule has 96 valence electrons. The van der Waals surface area contributed by atoms with Crippen molar-refractivity contribution in [3.8, 4) is 0 Å². The monoisotopic (exact) mass is 232 g/mol. The number of rotatable bonds is 10. The minimum absolute atomic E-state index is 0.665. The van der Waals surface area contributed by atoms with E-state index in [1.807, 2.05) is 0 Å². The van der Waals surface area contributed by atoms with Crippen molar-refractivity contribution in [3.05, 3.63) is 0 Å². The van der Waals surface area contributed by atoms with Gasteiger partial charge in [0.05, 0.1) is 0 Å². The summed E-state index contributed by atoms with van der Waals surface area (Å²) >= 11 is 0. The fraction of sp³-hybridized carbons (Fsp3) is 0.909. The summed E-state index contributed by atoms with van der Waals surface area (Å²) in [6.45, 7) is 5.57. The van der Waals surface area contributed by atoms with Crippen LogP contribution in [0.5, 0.6) is 0 Å². The summed E-state index contributed by atoms with van der Waals surface area (Å²) < 4.78 is 0. The maximum absolute atomic E-state index is 10.9. The van der Waals surface area contributed by atoms with Gasteiger partial charge in [0.15, 0.2) is 0 Å². The predicted octanol–water partition coefficient (Wildman–Crippen LogP) is 2.53. The van der Waals surface area contributed by atoms with Crippen LogP contribution >= 0.6 is 0 Å². The van der Waals surface area contributed by atoms with Crippen LogP contribution in [0.1, 0.15) is 52.4 Å². The van der Waals surface area contributed by atoms with Gasteiger partial charge in [0.25, 0.3) is 0 Å². The summed E-state index contributed by atoms with van der Waals surface area (Å²) in [5.41, 5.74) is 5.11. The highest BCUT2D eigenvalue weighted by molar-refractivity contribution is 5.58. The van der Waals surface area contributed by atoms with Crippen LogP contribution in [0.3, 0.4) is 0 Å². The van der Waals surface area contributed by atoms with E-state index in [4.69, 9.17) is 0 Å². The maximum atomic E-state index is 10.9. The molecule has 0 radical (unpaired) electrons. The molecule has 0 heterocycles. The van der Waals surface area contributed by atoms with Gasteiger partial charge < -0.3 is 9.68 Å². The first-order valence-corrected chi connectivity index (χ1v) is 6.14. The Morgan fingerprint density at radius 2 is 1.31 bits per heavy atom. The van der Waals surface area contributed by atoms with Crippen LogP contribution in [0.2, 0.25) is 0 Å². The van der Waals surface area contributed by atoms with E-state index in [1.54, 1.807) is 0 Å². The molecule has 0 saturated carbocycles. The first-order valence-electron chi connectivity index (χ1n) is 6.14. The second-order valence-corrected chi connectivity index (χ2v) is 3.66. The Balaban J connectivity index is 3.12. The summed E-state index contributed by atoms with van der Waals surface area (Å²) in [6, 6.07) is 0. The van der Waals surface area contributed by atoms with Crippen LogP contribution in [-0.2, 0) is 9.68 Å². The Morgan fingerprint density at radius 1 is 0.875 bits per heavy atom. The van der Waals surface area contributed by atoms with Crippen molar-refractivity contribution in [1.29, 1.82) is 0 Å². The van der Waals surface area contributed by atoms with Crippen molar-refractivity contribution < 1.29 is 14.5 Å². The van der Waals surface area contributed by atoms with E-state index < -0.39 is 6.16 Å². The zero-order chi connectivity index (χ0) is 12.1. The number of nitrogens with one attached hydrogen (secondary N) is 2. The molecule has 0 aliphatic heterocycles. The van der Waals surface area contributed by atoms with Crippen LogP contribution in [0.15, 0.2) is 0 Å². The smallest absolute Gasteiger partial charge is 0.337 e. The molecule has 0 aliphatic rings. The molecule has 0 bridgehead atoms. The van der Waals surface area contributed by atoms with Crippen molar-refractivity contribution in [3.63, 3.8) is 0 Å². The largest absolute Gasteiger partial charge is 0.547 e. The summed E-state index contributed by atoms with van der Waals surface area (Å²) in [6.07, 6.45) is 5.80. The van der Waals surface area contributed by atoms with Crippen molar-refractivity contribution in [2.75, 3.05) is 13.1 Å². The second kappa shape index (κ2) is 12.3. The molecule has 0 saturated heterocycles. The Bertz CT molecular complexity index is 149. The lowest BCUT2D eigenvalue weighted by molar-refractivity contribution is -0.0140. The van der Waals surface area contributed by atoms with Crippen LogP contribution < -0.4 is 11.0 Å². The highest BCUT2D eigenvalue weighted by Crippen LogP contribution is 1.92. The van der Waals surface area contributed by atoms with Gasteiger partial charge in [-0.2, -0.15) is 4.79 Å². The SMILES string of the molecule is CCCCCNOC(=O)ONCCCCC. The number of hydrogen-bond donors (Lipinski definition) is 2. The van der Waals surface area contributed by atoms with Crippen molar-refractivity contribution in [1.82, 2.24) is 11.0 Å². The van der Waals surface area contributed by atoms with Crippen LogP contribution in [0.4, 0.5) is 4.79 Å². The third-order valence-electron chi connectivity index (χ3n) is 2.08. The zero-order valence-electron chi connectivity index (χ0n) is 10.4. The topological polar surface area (TPSA) is 59.6 Å². The third kappa shape index (κ3) is 11.3. The highest BCUT2D eigenvalue weighted by atomic mass is 16.9. The van der Waals surface area contributed by atoms with Crippen molar-refractivity contribution in [2.45, 2.75) is 52.4 Å². The Labute approximate surface area is 97.8 Å². The van der Waals surface area contributed by atoms with E-state index in [-0.39, 0.29) is 0 Å². The van der Waals surface area contributed by atoms with Gasteiger partial charge in [-0.1, -0.05) is 39.5 Å². The number of carbonyl (C=O) groups is 1. The summed E-state index contributed by atoms with van der Waals surface area (Å²) in [7, 11) is 0. The molecule has 0 atom stereocenters. The predicted molar refractivity (Wildman–Crippen MR) is 62.6 cm³/mol.